The Balaban J connectivity index is 2.50. The van der Waals surface area contributed by atoms with Crippen LogP contribution in [0.3, 0.4) is 0 Å². The van der Waals surface area contributed by atoms with E-state index in [-0.39, 0.29) is 5.91 Å². The van der Waals surface area contributed by atoms with Crippen molar-refractivity contribution in [2.45, 2.75) is 20.3 Å². The maximum Gasteiger partial charge on any atom is 0.265 e. The van der Waals surface area contributed by atoms with E-state index < -0.39 is 0 Å². The third-order valence-corrected chi connectivity index (χ3v) is 3.79. The number of nitrogens with one attached hydrogen (secondary N) is 1. The molecule has 1 amide bonds. The zero-order valence-corrected chi connectivity index (χ0v) is 12.5. The summed E-state index contributed by atoms with van der Waals surface area (Å²) < 4.78 is 5.20. The van der Waals surface area contributed by atoms with E-state index in [1.807, 2.05) is 25.8 Å². The van der Waals surface area contributed by atoms with Crippen molar-refractivity contribution in [3.8, 4) is 0 Å². The van der Waals surface area contributed by atoms with Crippen LogP contribution in [0.4, 0.5) is 10.9 Å². The van der Waals surface area contributed by atoms with Crippen LogP contribution in [0.2, 0.25) is 0 Å². The third-order valence-electron chi connectivity index (χ3n) is 2.60. The number of nitrogens with two attached hydrogens (primary N) is 1. The molecule has 0 fully saturated rings. The van der Waals surface area contributed by atoms with Crippen molar-refractivity contribution in [1.82, 2.24) is 10.3 Å². The van der Waals surface area contributed by atoms with Gasteiger partial charge in [-0.05, 0) is 20.3 Å². The van der Waals surface area contributed by atoms with E-state index in [0.29, 0.717) is 30.5 Å². The summed E-state index contributed by atoms with van der Waals surface area (Å²) in [7, 11) is 1.92. The minimum absolute atomic E-state index is 0.165. The number of carbonyl (C=O) groups excluding carboxylic acids is 1. The average molecular weight is 286 g/mol. The Morgan fingerprint density at radius 2 is 2.26 bits per heavy atom. The molecule has 108 valence electrons. The maximum absolute atomic E-state index is 11.9. The first-order valence-electron chi connectivity index (χ1n) is 6.43. The lowest BCUT2D eigenvalue weighted by atomic mass is 10.4. The topological polar surface area (TPSA) is 80.5 Å². The molecule has 0 saturated heterocycles. The molecule has 0 atom stereocenters. The van der Waals surface area contributed by atoms with Gasteiger partial charge >= 0.3 is 0 Å². The van der Waals surface area contributed by atoms with Crippen molar-refractivity contribution in [2.24, 2.45) is 0 Å². The van der Waals surface area contributed by atoms with Gasteiger partial charge in [0.05, 0.1) is 0 Å². The lowest BCUT2D eigenvalue weighted by molar-refractivity contribution is 0.0949. The van der Waals surface area contributed by atoms with Gasteiger partial charge in [-0.2, -0.15) is 0 Å². The van der Waals surface area contributed by atoms with Gasteiger partial charge in [-0.15, -0.1) is 0 Å². The molecule has 0 aliphatic carbocycles. The number of anilines is 2. The highest BCUT2D eigenvalue weighted by Gasteiger charge is 2.17. The van der Waals surface area contributed by atoms with Gasteiger partial charge in [0.2, 0.25) is 0 Å². The molecule has 7 heteroatoms. The fraction of sp³-hybridized carbons (Fsp3) is 0.667. The molecule has 19 heavy (non-hydrogen) atoms. The zero-order chi connectivity index (χ0) is 14.3. The first-order valence-corrected chi connectivity index (χ1v) is 7.25. The first-order chi connectivity index (χ1) is 9.10. The van der Waals surface area contributed by atoms with Crippen LogP contribution in [-0.4, -0.2) is 44.2 Å². The Hall–Kier alpha value is -1.34. The van der Waals surface area contributed by atoms with Crippen molar-refractivity contribution in [2.75, 3.05) is 44.0 Å². The summed E-state index contributed by atoms with van der Waals surface area (Å²) in [5.41, 5.74) is 5.77. The number of nitrogens with zero attached hydrogens (tertiary/aromatic N) is 2. The van der Waals surface area contributed by atoms with Crippen molar-refractivity contribution in [1.29, 1.82) is 0 Å². The molecule has 3 N–H and O–H groups in total. The van der Waals surface area contributed by atoms with Crippen LogP contribution in [-0.2, 0) is 4.74 Å². The summed E-state index contributed by atoms with van der Waals surface area (Å²) in [5, 5.41) is 3.59. The van der Waals surface area contributed by atoms with E-state index >= 15 is 0 Å². The van der Waals surface area contributed by atoms with E-state index in [9.17, 15) is 4.79 Å². The standard InChI is InChI=1S/C12H22N4O2S/c1-4-16(3)12-15-10(13)9(19-12)11(17)14-7-6-8-18-5-2/h4-8,13H2,1-3H3,(H,14,17). The predicted molar refractivity (Wildman–Crippen MR) is 78.9 cm³/mol. The molecule has 0 aliphatic rings. The SMILES string of the molecule is CCOCCCNC(=O)c1sc(N(C)CC)nc1N. The Bertz CT molecular complexity index is 408. The van der Waals surface area contributed by atoms with E-state index in [0.717, 1.165) is 18.1 Å². The molecule has 0 aliphatic heterocycles. The molecule has 0 unspecified atom stereocenters. The van der Waals surface area contributed by atoms with E-state index in [4.69, 9.17) is 10.5 Å². The van der Waals surface area contributed by atoms with Crippen LogP contribution in [0.5, 0.6) is 0 Å². The Morgan fingerprint density at radius 3 is 2.89 bits per heavy atom. The number of thiazole rings is 1. The molecule has 6 nitrogen and oxygen atoms in total. The van der Waals surface area contributed by atoms with Crippen LogP contribution >= 0.6 is 11.3 Å². The summed E-state index contributed by atoms with van der Waals surface area (Å²) in [6.07, 6.45) is 0.792. The molecule has 0 saturated carbocycles. The Labute approximate surface area is 118 Å². The number of carbonyl (C=O) groups is 1. The smallest absolute Gasteiger partial charge is 0.265 e. The van der Waals surface area contributed by atoms with E-state index in [2.05, 4.69) is 10.3 Å². The van der Waals surface area contributed by atoms with Crippen molar-refractivity contribution in [3.05, 3.63) is 4.88 Å². The van der Waals surface area contributed by atoms with E-state index in [1.54, 1.807) is 0 Å². The fourth-order valence-corrected chi connectivity index (χ4v) is 2.31. The van der Waals surface area contributed by atoms with Crippen molar-refractivity contribution < 1.29 is 9.53 Å². The second-order valence-corrected chi connectivity index (χ2v) is 5.01. The first kappa shape index (κ1) is 15.7. The highest BCUT2D eigenvalue weighted by Crippen LogP contribution is 2.27. The lowest BCUT2D eigenvalue weighted by Crippen LogP contribution is -2.25. The lowest BCUT2D eigenvalue weighted by Gasteiger charge is -2.10. The van der Waals surface area contributed by atoms with E-state index in [1.165, 1.54) is 11.3 Å². The molecule has 0 bridgehead atoms. The molecule has 1 rings (SSSR count). The third kappa shape index (κ3) is 4.68. The normalized spacial score (nSPS) is 10.5. The van der Waals surface area contributed by atoms with Crippen LogP contribution in [0.15, 0.2) is 0 Å². The van der Waals surface area contributed by atoms with Crippen molar-refractivity contribution >= 4 is 28.2 Å². The van der Waals surface area contributed by atoms with Crippen LogP contribution < -0.4 is 16.0 Å². The van der Waals surface area contributed by atoms with Gasteiger partial charge in [0, 0.05) is 33.4 Å². The predicted octanol–water partition coefficient (Wildman–Crippen LogP) is 1.34. The summed E-state index contributed by atoms with van der Waals surface area (Å²) in [6, 6.07) is 0. The van der Waals surface area contributed by atoms with Crippen LogP contribution in [0, 0.1) is 0 Å². The monoisotopic (exact) mass is 286 g/mol. The molecular formula is C12H22N4O2S. The van der Waals surface area contributed by atoms with Gasteiger partial charge in [-0.3, -0.25) is 4.79 Å². The quantitative estimate of drug-likeness (QED) is 0.705. The van der Waals surface area contributed by atoms with Gasteiger partial charge in [0.1, 0.15) is 10.7 Å². The molecule has 0 aromatic carbocycles. The summed E-state index contributed by atoms with van der Waals surface area (Å²) in [6.45, 7) is 6.71. The minimum atomic E-state index is -0.165. The molecule has 1 aromatic heterocycles. The second kappa shape index (κ2) is 7.96. The number of ether oxygens (including phenoxy) is 1. The van der Waals surface area contributed by atoms with Crippen LogP contribution in [0.1, 0.15) is 29.9 Å². The van der Waals surface area contributed by atoms with Gasteiger partial charge in [0.15, 0.2) is 5.13 Å². The van der Waals surface area contributed by atoms with Gasteiger partial charge < -0.3 is 20.7 Å². The molecule has 0 spiro atoms. The molecule has 1 heterocycles. The Morgan fingerprint density at radius 1 is 1.53 bits per heavy atom. The molecule has 1 aromatic rings. The zero-order valence-electron chi connectivity index (χ0n) is 11.7. The minimum Gasteiger partial charge on any atom is -0.382 e. The largest absolute Gasteiger partial charge is 0.382 e. The molecule has 0 radical (unpaired) electrons. The summed E-state index contributed by atoms with van der Waals surface area (Å²) >= 11 is 1.32. The number of rotatable bonds is 8. The summed E-state index contributed by atoms with van der Waals surface area (Å²) in [4.78, 5) is 18.6. The molecular weight excluding hydrogens is 264 g/mol. The number of hydrogen-bond acceptors (Lipinski definition) is 6. The summed E-state index contributed by atoms with van der Waals surface area (Å²) in [5.74, 6) is 0.129. The second-order valence-electron chi connectivity index (χ2n) is 4.03. The van der Waals surface area contributed by atoms with Gasteiger partial charge in [-0.1, -0.05) is 11.3 Å². The number of amides is 1. The van der Waals surface area contributed by atoms with Crippen LogP contribution in [0.25, 0.3) is 0 Å². The van der Waals surface area contributed by atoms with Crippen molar-refractivity contribution in [3.63, 3.8) is 0 Å². The highest BCUT2D eigenvalue weighted by molar-refractivity contribution is 7.18. The number of nitrogen functional groups attached to an aromatic ring is 1. The number of aromatic nitrogens is 1. The Kier molecular flexibility index (Phi) is 6.58. The van der Waals surface area contributed by atoms with Gasteiger partial charge in [-0.25, -0.2) is 4.98 Å². The van der Waals surface area contributed by atoms with Gasteiger partial charge in [0.25, 0.3) is 5.91 Å². The average Bonchev–Trinajstić information content (AvgIpc) is 2.79. The highest BCUT2D eigenvalue weighted by atomic mass is 32.1. The maximum atomic E-state index is 11.9. The fourth-order valence-electron chi connectivity index (χ4n) is 1.38. The number of hydrogen-bond donors (Lipinski definition) is 2.